The Balaban J connectivity index is 1.10. The lowest BCUT2D eigenvalue weighted by atomic mass is 9.84. The highest BCUT2D eigenvalue weighted by atomic mass is 16.3. The summed E-state index contributed by atoms with van der Waals surface area (Å²) in [6, 6.07) is 65.6. The molecule has 0 unspecified atom stereocenters. The molecule has 0 amide bonds. The van der Waals surface area contributed by atoms with Gasteiger partial charge in [0, 0.05) is 21.7 Å². The molecular weight excluding hydrogens is 657 g/mol. The van der Waals surface area contributed by atoms with E-state index in [1.165, 1.54) is 60.0 Å². The first-order valence-electron chi connectivity index (χ1n) is 18.5. The average molecular weight is 687 g/mol. The molecule has 0 fully saturated rings. The summed E-state index contributed by atoms with van der Waals surface area (Å²) < 4.78 is 13.4. The number of para-hydroxylation sites is 1. The van der Waals surface area contributed by atoms with Crippen LogP contribution in [0, 0.1) is 0 Å². The number of rotatable bonds is 3. The minimum Gasteiger partial charge on any atom is -0.455 e. The number of furan rings is 2. The van der Waals surface area contributed by atoms with Crippen molar-refractivity contribution in [2.75, 3.05) is 0 Å². The zero-order chi connectivity index (χ0) is 35.3. The van der Waals surface area contributed by atoms with Crippen LogP contribution in [0.3, 0.4) is 0 Å². The number of fused-ring (bicyclic) bond motifs is 11. The molecule has 2 heterocycles. The van der Waals surface area contributed by atoms with Crippen LogP contribution in [0.2, 0.25) is 0 Å². The van der Waals surface area contributed by atoms with E-state index in [2.05, 4.69) is 170 Å². The van der Waals surface area contributed by atoms with E-state index in [0.717, 1.165) is 60.4 Å². The van der Waals surface area contributed by atoms with Crippen LogP contribution in [0.25, 0.3) is 120 Å². The van der Waals surface area contributed by atoms with E-state index in [1.54, 1.807) is 0 Å². The van der Waals surface area contributed by atoms with Gasteiger partial charge in [-0.1, -0.05) is 158 Å². The highest BCUT2D eigenvalue weighted by Gasteiger charge is 2.22. The zero-order valence-corrected chi connectivity index (χ0v) is 29.1. The Bertz CT molecular complexity index is 3430. The second kappa shape index (κ2) is 11.2. The van der Waals surface area contributed by atoms with Crippen LogP contribution >= 0.6 is 0 Å². The molecule has 2 heteroatoms. The summed E-state index contributed by atoms with van der Waals surface area (Å²) in [4.78, 5) is 0. The van der Waals surface area contributed by atoms with Crippen molar-refractivity contribution in [1.82, 2.24) is 0 Å². The van der Waals surface area contributed by atoms with Gasteiger partial charge in [0.15, 0.2) is 0 Å². The van der Waals surface area contributed by atoms with Crippen LogP contribution < -0.4 is 0 Å². The third-order valence-electron chi connectivity index (χ3n) is 11.4. The third kappa shape index (κ3) is 4.17. The van der Waals surface area contributed by atoms with Gasteiger partial charge in [-0.05, 0) is 95.2 Å². The minimum absolute atomic E-state index is 0.843. The molecule has 0 radical (unpaired) electrons. The van der Waals surface area contributed by atoms with Gasteiger partial charge in [0.25, 0.3) is 0 Å². The van der Waals surface area contributed by atoms with Crippen molar-refractivity contribution in [2.24, 2.45) is 0 Å². The van der Waals surface area contributed by atoms with Gasteiger partial charge in [0.1, 0.15) is 22.3 Å². The highest BCUT2D eigenvalue weighted by Crippen LogP contribution is 2.47. The Hall–Kier alpha value is -7.16. The van der Waals surface area contributed by atoms with Crippen LogP contribution in [0.15, 0.2) is 191 Å². The van der Waals surface area contributed by atoms with E-state index in [-0.39, 0.29) is 0 Å². The summed E-state index contributed by atoms with van der Waals surface area (Å²) in [5.74, 6) is 0. The molecule has 0 bridgehead atoms. The molecule has 0 spiro atoms. The molecule has 12 aromatic rings. The number of hydrogen-bond acceptors (Lipinski definition) is 2. The third-order valence-corrected chi connectivity index (χ3v) is 11.4. The number of benzene rings is 10. The first-order chi connectivity index (χ1) is 26.8. The molecule has 0 atom stereocenters. The van der Waals surface area contributed by atoms with Gasteiger partial charge in [0.2, 0.25) is 0 Å². The summed E-state index contributed by atoms with van der Waals surface area (Å²) in [7, 11) is 0. The van der Waals surface area contributed by atoms with Crippen molar-refractivity contribution in [3.8, 4) is 33.4 Å². The van der Waals surface area contributed by atoms with Gasteiger partial charge in [-0.25, -0.2) is 0 Å². The van der Waals surface area contributed by atoms with Gasteiger partial charge in [0.05, 0.1) is 5.39 Å². The Labute approximate surface area is 310 Å². The number of hydrogen-bond donors (Lipinski definition) is 0. The maximum absolute atomic E-state index is 6.81. The van der Waals surface area contributed by atoms with E-state index in [4.69, 9.17) is 8.83 Å². The fourth-order valence-corrected chi connectivity index (χ4v) is 9.01. The molecule has 2 nitrogen and oxygen atoms in total. The van der Waals surface area contributed by atoms with Crippen LogP contribution in [0.1, 0.15) is 0 Å². The van der Waals surface area contributed by atoms with Gasteiger partial charge in [-0.3, -0.25) is 0 Å². The molecule has 0 saturated carbocycles. The smallest absolute Gasteiger partial charge is 0.147 e. The molecule has 0 saturated heterocycles. The monoisotopic (exact) mass is 686 g/mol. The van der Waals surface area contributed by atoms with Crippen LogP contribution in [0.4, 0.5) is 0 Å². The molecule has 12 rings (SSSR count). The maximum Gasteiger partial charge on any atom is 0.147 e. The first kappa shape index (κ1) is 29.4. The lowest BCUT2D eigenvalue weighted by Crippen LogP contribution is -1.91. The average Bonchev–Trinajstić information content (AvgIpc) is 3.79. The Kier molecular flexibility index (Phi) is 6.09. The van der Waals surface area contributed by atoms with Gasteiger partial charge in [-0.15, -0.1) is 0 Å². The Morgan fingerprint density at radius 3 is 1.54 bits per heavy atom. The lowest BCUT2D eigenvalue weighted by Gasteiger charge is -2.19. The van der Waals surface area contributed by atoms with E-state index in [1.807, 2.05) is 12.1 Å². The molecular formula is C52H30O2. The Morgan fingerprint density at radius 2 is 0.815 bits per heavy atom. The molecule has 54 heavy (non-hydrogen) atoms. The van der Waals surface area contributed by atoms with Crippen LogP contribution in [-0.2, 0) is 0 Å². The summed E-state index contributed by atoms with van der Waals surface area (Å²) >= 11 is 0. The minimum atomic E-state index is 0.843. The molecule has 0 aliphatic carbocycles. The normalized spacial score (nSPS) is 12.1. The van der Waals surface area contributed by atoms with Gasteiger partial charge < -0.3 is 8.83 Å². The fourth-order valence-electron chi connectivity index (χ4n) is 9.01. The van der Waals surface area contributed by atoms with Crippen molar-refractivity contribution < 1.29 is 8.83 Å². The maximum atomic E-state index is 6.81. The standard InChI is InChI=1S/C52H30O2/c1-2-14-35-29-47-45(28-34(35)13-1)50-51(54-47)43(30-44-37-17-9-10-23-46(37)53-52(44)50)32-24-26-33(27-25-32)48-39-18-5-7-20-41(39)49(42-21-8-6-19-40(42)48)38-22-11-15-31-12-3-4-16-36(31)38/h1-30H. The second-order valence-corrected chi connectivity index (χ2v) is 14.3. The largest absolute Gasteiger partial charge is 0.455 e. The predicted molar refractivity (Wildman–Crippen MR) is 227 cm³/mol. The lowest BCUT2D eigenvalue weighted by molar-refractivity contribution is 0.664. The van der Waals surface area contributed by atoms with Gasteiger partial charge >= 0.3 is 0 Å². The molecule has 250 valence electrons. The topological polar surface area (TPSA) is 26.3 Å². The molecule has 0 N–H and O–H groups in total. The molecule has 10 aromatic carbocycles. The van der Waals surface area contributed by atoms with Crippen LogP contribution in [-0.4, -0.2) is 0 Å². The van der Waals surface area contributed by atoms with Crippen molar-refractivity contribution in [1.29, 1.82) is 0 Å². The predicted octanol–water partition coefficient (Wildman–Crippen LogP) is 15.1. The van der Waals surface area contributed by atoms with Gasteiger partial charge in [-0.2, -0.15) is 0 Å². The van der Waals surface area contributed by atoms with Crippen LogP contribution in [0.5, 0.6) is 0 Å². The van der Waals surface area contributed by atoms with E-state index >= 15 is 0 Å². The SMILES string of the molecule is c1ccc2cc3c(cc2c1)oc1c(-c2ccc(-c4c5ccccc5c(-c5cccc6ccccc56)c5ccccc45)cc2)cc2c4ccccc4oc2c13. The van der Waals surface area contributed by atoms with Crippen molar-refractivity contribution in [2.45, 2.75) is 0 Å². The fraction of sp³-hybridized carbons (Fsp3) is 0. The highest BCUT2D eigenvalue weighted by molar-refractivity contribution is 6.27. The van der Waals surface area contributed by atoms with Crippen molar-refractivity contribution in [3.63, 3.8) is 0 Å². The summed E-state index contributed by atoms with van der Waals surface area (Å²) in [5, 5.41) is 14.1. The molecule has 0 aliphatic rings. The summed E-state index contributed by atoms with van der Waals surface area (Å²) in [5.41, 5.74) is 10.6. The quantitative estimate of drug-likeness (QED) is 0.173. The van der Waals surface area contributed by atoms with E-state index in [9.17, 15) is 0 Å². The van der Waals surface area contributed by atoms with E-state index < -0.39 is 0 Å². The zero-order valence-electron chi connectivity index (χ0n) is 29.1. The molecule has 2 aromatic heterocycles. The van der Waals surface area contributed by atoms with E-state index in [0.29, 0.717) is 0 Å². The van der Waals surface area contributed by atoms with Crippen molar-refractivity contribution in [3.05, 3.63) is 182 Å². The second-order valence-electron chi connectivity index (χ2n) is 14.3. The Morgan fingerprint density at radius 1 is 0.278 bits per heavy atom. The summed E-state index contributed by atoms with van der Waals surface area (Å²) in [6.45, 7) is 0. The first-order valence-corrected chi connectivity index (χ1v) is 18.5. The summed E-state index contributed by atoms with van der Waals surface area (Å²) in [6.07, 6.45) is 0. The van der Waals surface area contributed by atoms with Crippen molar-refractivity contribution >= 4 is 87.0 Å². The molecule has 0 aliphatic heterocycles.